The van der Waals surface area contributed by atoms with Gasteiger partial charge in [-0.2, -0.15) is 0 Å². The summed E-state index contributed by atoms with van der Waals surface area (Å²) >= 11 is 0. The Hall–Kier alpha value is -4.05. The van der Waals surface area contributed by atoms with E-state index < -0.39 is 91.5 Å². The molecule has 0 aliphatic heterocycles. The molecule has 0 rings (SSSR count). The smallest absolute Gasteiger partial charge is 0.463 e. The molecule has 4 N–H and O–H groups in total. The molecule has 0 aromatic rings. The summed E-state index contributed by atoms with van der Waals surface area (Å²) in [6, 6.07) is 0. The van der Waals surface area contributed by atoms with Gasteiger partial charge in [0.15, 0.2) is 6.10 Å². The first-order valence-electron chi connectivity index (χ1n) is 38.8. The van der Waals surface area contributed by atoms with Crippen molar-refractivity contribution in [3.63, 3.8) is 0 Å². The van der Waals surface area contributed by atoms with Crippen molar-refractivity contribution < 1.29 is 75.8 Å². The Kier molecular flexibility index (Phi) is 70.7. The first-order valence-corrected chi connectivity index (χ1v) is 41.8. The first-order chi connectivity index (χ1) is 48.2. The van der Waals surface area contributed by atoms with E-state index in [4.69, 9.17) is 32.3 Å². The van der Waals surface area contributed by atoms with Crippen LogP contribution in [0.25, 0.3) is 0 Å². The van der Waals surface area contributed by atoms with Crippen molar-refractivity contribution in [2.45, 2.75) is 334 Å². The van der Waals surface area contributed by atoms with Crippen molar-refractivity contribution in [1.29, 1.82) is 0 Å². The minimum absolute atomic E-state index is 0.0958. The van der Waals surface area contributed by atoms with Crippen LogP contribution in [-0.4, -0.2) is 95.9 Å². The number of phosphoric acid groups is 2. The molecule has 0 aromatic carbocycles. The van der Waals surface area contributed by atoms with Crippen molar-refractivity contribution in [3.8, 4) is 0 Å². The van der Waals surface area contributed by atoms with E-state index in [0.29, 0.717) is 19.3 Å². The third-order valence-electron chi connectivity index (χ3n) is 16.2. The number of carbonyl (C=O) groups excluding carboxylic acids is 3. The molecule has 5 atom stereocenters. The van der Waals surface area contributed by atoms with Crippen LogP contribution < -0.4 is 0 Å². The number of phosphoric ester groups is 2. The normalized spacial score (nSPS) is 14.7. The maximum absolute atomic E-state index is 13.0. The standard InChI is InChI=1S/C81H140O16P2/c1-4-7-10-13-16-19-22-25-28-30-32-34-35-36-37-38-39-41-43-44-47-49-52-55-58-61-64-67-79(84)91-70-76(82)71-93-98(87,88)94-72-77(83)73-95-99(89,90)96-75-78(97-81(86)69-66-63-60-57-54-51-46-27-24-21-18-15-12-9-6-3)74-92-80(85)68-65-62-59-56-53-50-48-45-42-40-33-31-29-26-23-20-17-14-11-8-5-2/h8,11,16-17,19-20,25-26,28-29,32-34,36-37,40,45,48,53,56,76-78,82-83H,4-7,9-10,12-15,18,21-24,27,30-31,35,38-39,41-44,46-47,49-52,54-55,57-75H2,1-3H3,(H,87,88)(H,89,90)/b11-8-,19-16-,20-17-,28-25-,29-26-,34-32-,37-36-,40-33-,48-45-,56-53-. The third-order valence-corrected chi connectivity index (χ3v) is 18.1. The number of carbonyl (C=O) groups is 3. The van der Waals surface area contributed by atoms with Crippen LogP contribution in [0, 0.1) is 0 Å². The highest BCUT2D eigenvalue weighted by molar-refractivity contribution is 7.47. The van der Waals surface area contributed by atoms with Gasteiger partial charge in [0.1, 0.15) is 25.4 Å². The van der Waals surface area contributed by atoms with E-state index in [0.717, 1.165) is 122 Å². The van der Waals surface area contributed by atoms with Crippen LogP contribution in [0.4, 0.5) is 0 Å². The number of aliphatic hydroxyl groups excluding tert-OH is 2. The third kappa shape index (κ3) is 74.9. The fourth-order valence-electron chi connectivity index (χ4n) is 10.3. The number of aliphatic hydroxyl groups is 2. The number of unbranched alkanes of at least 4 members (excludes halogenated alkanes) is 30. The molecule has 5 unspecified atom stereocenters. The van der Waals surface area contributed by atoms with Crippen molar-refractivity contribution in [1.82, 2.24) is 0 Å². The summed E-state index contributed by atoms with van der Waals surface area (Å²) in [5.41, 5.74) is 0. The summed E-state index contributed by atoms with van der Waals surface area (Å²) in [5.74, 6) is -1.62. The average molecular weight is 1430 g/mol. The van der Waals surface area contributed by atoms with Crippen LogP contribution >= 0.6 is 15.6 Å². The summed E-state index contributed by atoms with van der Waals surface area (Å²) in [6.45, 7) is 2.51. The number of hydrogen-bond acceptors (Lipinski definition) is 14. The summed E-state index contributed by atoms with van der Waals surface area (Å²) in [4.78, 5) is 58.6. The molecule has 0 saturated carbocycles. The fraction of sp³-hybridized carbons (Fsp3) is 0.716. The van der Waals surface area contributed by atoms with E-state index in [-0.39, 0.29) is 19.3 Å². The topological polar surface area (TPSA) is 231 Å². The van der Waals surface area contributed by atoms with Gasteiger partial charge in [-0.25, -0.2) is 9.13 Å². The molecule has 16 nitrogen and oxygen atoms in total. The second-order valence-corrected chi connectivity index (χ2v) is 28.7. The van der Waals surface area contributed by atoms with E-state index in [2.05, 4.69) is 142 Å². The van der Waals surface area contributed by atoms with Gasteiger partial charge < -0.3 is 34.2 Å². The van der Waals surface area contributed by atoms with Gasteiger partial charge in [-0.3, -0.25) is 32.5 Å². The first kappa shape index (κ1) is 94.9. The van der Waals surface area contributed by atoms with E-state index in [9.17, 15) is 43.5 Å². The van der Waals surface area contributed by atoms with Crippen LogP contribution in [0.15, 0.2) is 122 Å². The van der Waals surface area contributed by atoms with E-state index in [1.54, 1.807) is 0 Å². The Morgan fingerprint density at radius 3 is 0.889 bits per heavy atom. The molecule has 570 valence electrons. The zero-order valence-electron chi connectivity index (χ0n) is 62.1. The van der Waals surface area contributed by atoms with E-state index >= 15 is 0 Å². The SMILES string of the molecule is CC/C=C\C/C=C\C/C=C\C/C=C\C/C=C\C/C=C\CCCCC(=O)OCC(COP(=O)(O)OCC(O)COP(=O)(O)OCC(O)COC(=O)CCCCCCCCCCCCC/C=C\C/C=C\C/C=C\C/C=C\CCCCC)OC(=O)CCCCCCCCCCCCCCCCC. The lowest BCUT2D eigenvalue weighted by molar-refractivity contribution is -0.161. The quantitative estimate of drug-likeness (QED) is 0.0146. The van der Waals surface area contributed by atoms with Gasteiger partial charge in [0, 0.05) is 19.3 Å². The highest BCUT2D eigenvalue weighted by atomic mass is 31.2. The summed E-state index contributed by atoms with van der Waals surface area (Å²) in [6.07, 6.45) is 86.7. The van der Waals surface area contributed by atoms with E-state index in [1.807, 2.05) is 0 Å². The molecule has 0 aliphatic carbocycles. The van der Waals surface area contributed by atoms with Crippen LogP contribution in [-0.2, 0) is 55.8 Å². The number of allylic oxidation sites excluding steroid dienone is 20. The van der Waals surface area contributed by atoms with Crippen molar-refractivity contribution >= 4 is 33.6 Å². The molecular weight excluding hydrogens is 1290 g/mol. The molecule has 0 bridgehead atoms. The highest BCUT2D eigenvalue weighted by Gasteiger charge is 2.29. The summed E-state index contributed by atoms with van der Waals surface area (Å²) < 4.78 is 61.1. The van der Waals surface area contributed by atoms with Crippen LogP contribution in [0.3, 0.4) is 0 Å². The van der Waals surface area contributed by atoms with Crippen molar-refractivity contribution in [3.05, 3.63) is 122 Å². The molecule has 0 spiro atoms. The second kappa shape index (κ2) is 73.7. The number of esters is 3. The van der Waals surface area contributed by atoms with Gasteiger partial charge in [0.25, 0.3) is 0 Å². The molecule has 0 saturated heterocycles. The monoisotopic (exact) mass is 1430 g/mol. The van der Waals surface area contributed by atoms with Crippen molar-refractivity contribution in [2.24, 2.45) is 0 Å². The maximum Gasteiger partial charge on any atom is 0.472 e. The lowest BCUT2D eigenvalue weighted by atomic mass is 10.0. The molecule has 0 amide bonds. The van der Waals surface area contributed by atoms with Gasteiger partial charge in [-0.05, 0) is 116 Å². The lowest BCUT2D eigenvalue weighted by Gasteiger charge is -2.21. The van der Waals surface area contributed by atoms with E-state index in [1.165, 1.54) is 135 Å². The molecule has 0 radical (unpaired) electrons. The molecule has 18 heteroatoms. The van der Waals surface area contributed by atoms with Gasteiger partial charge in [-0.1, -0.05) is 303 Å². The summed E-state index contributed by atoms with van der Waals surface area (Å²) in [7, 11) is -9.80. The van der Waals surface area contributed by atoms with Gasteiger partial charge in [0.2, 0.25) is 0 Å². The fourth-order valence-corrected chi connectivity index (χ4v) is 11.8. The molecule has 99 heavy (non-hydrogen) atoms. The summed E-state index contributed by atoms with van der Waals surface area (Å²) in [5, 5.41) is 20.6. The minimum atomic E-state index is -4.94. The molecule has 0 fully saturated rings. The maximum atomic E-state index is 13.0. The zero-order valence-corrected chi connectivity index (χ0v) is 63.9. The Labute approximate surface area is 602 Å². The second-order valence-electron chi connectivity index (χ2n) is 25.8. The largest absolute Gasteiger partial charge is 0.472 e. The Morgan fingerprint density at radius 1 is 0.293 bits per heavy atom. The molecular formula is C81H140O16P2. The lowest BCUT2D eigenvalue weighted by Crippen LogP contribution is -2.30. The Morgan fingerprint density at radius 2 is 0.535 bits per heavy atom. The zero-order chi connectivity index (χ0) is 72.3. The minimum Gasteiger partial charge on any atom is -0.463 e. The molecule has 0 aliphatic rings. The van der Waals surface area contributed by atoms with Gasteiger partial charge in [-0.15, -0.1) is 0 Å². The van der Waals surface area contributed by atoms with Gasteiger partial charge >= 0.3 is 33.6 Å². The van der Waals surface area contributed by atoms with Crippen LogP contribution in [0.5, 0.6) is 0 Å². The highest BCUT2D eigenvalue weighted by Crippen LogP contribution is 2.45. The van der Waals surface area contributed by atoms with Crippen molar-refractivity contribution in [2.75, 3.05) is 39.6 Å². The van der Waals surface area contributed by atoms with Crippen LogP contribution in [0.2, 0.25) is 0 Å². The van der Waals surface area contributed by atoms with Crippen LogP contribution in [0.1, 0.15) is 316 Å². The Balaban J connectivity index is 4.60. The average Bonchev–Trinajstić information content (AvgIpc) is 1.55. The predicted molar refractivity (Wildman–Crippen MR) is 408 cm³/mol. The molecule has 0 heterocycles. The number of ether oxygens (including phenoxy) is 3. The van der Waals surface area contributed by atoms with Gasteiger partial charge in [0.05, 0.1) is 26.4 Å². The molecule has 0 aromatic heterocycles. The number of hydrogen-bond donors (Lipinski definition) is 4. The Bertz CT molecular complexity index is 2290. The number of rotatable bonds is 73. The predicted octanol–water partition coefficient (Wildman–Crippen LogP) is 22.5.